The van der Waals surface area contributed by atoms with Gasteiger partial charge >= 0.3 is 0 Å². The molecule has 2 aromatic carbocycles. The number of aromatic nitrogens is 2. The normalized spacial score (nSPS) is 11.4. The minimum atomic E-state index is 0.685. The second-order valence-electron chi connectivity index (χ2n) is 5.74. The first-order chi connectivity index (χ1) is 11.2. The minimum absolute atomic E-state index is 0.685. The highest BCUT2D eigenvalue weighted by atomic mass is 32.1. The molecule has 0 bridgehead atoms. The monoisotopic (exact) mass is 322 g/mol. The fourth-order valence-electron chi connectivity index (χ4n) is 2.78. The van der Waals surface area contributed by atoms with Crippen molar-refractivity contribution in [2.75, 3.05) is 6.61 Å². The molecule has 0 aliphatic carbocycles. The number of benzene rings is 2. The fraction of sp³-hybridized carbons (Fsp3) is 0.211. The molecule has 0 atom stereocenters. The van der Waals surface area contributed by atoms with E-state index in [-0.39, 0.29) is 0 Å². The average molecular weight is 322 g/mol. The number of imidazole rings is 1. The van der Waals surface area contributed by atoms with Gasteiger partial charge in [-0.15, -0.1) is 0 Å². The molecule has 3 nitrogen and oxygen atoms in total. The van der Waals surface area contributed by atoms with Crippen molar-refractivity contribution in [1.82, 2.24) is 9.38 Å². The van der Waals surface area contributed by atoms with Gasteiger partial charge in [0.05, 0.1) is 22.5 Å². The number of hydrogen-bond acceptors (Lipinski definition) is 3. The molecule has 0 fully saturated rings. The molecule has 0 radical (unpaired) electrons. The van der Waals surface area contributed by atoms with Gasteiger partial charge in [-0.25, -0.2) is 4.98 Å². The van der Waals surface area contributed by atoms with Gasteiger partial charge in [0.2, 0.25) is 0 Å². The van der Waals surface area contributed by atoms with Crippen molar-refractivity contribution in [3.8, 4) is 17.0 Å². The molecule has 0 spiro atoms. The maximum Gasteiger partial charge on any atom is 0.195 e. The number of rotatable bonds is 3. The lowest BCUT2D eigenvalue weighted by atomic mass is 10.1. The van der Waals surface area contributed by atoms with E-state index >= 15 is 0 Å². The molecule has 116 valence electrons. The van der Waals surface area contributed by atoms with Gasteiger partial charge in [0.1, 0.15) is 5.75 Å². The van der Waals surface area contributed by atoms with Crippen LogP contribution in [0, 0.1) is 13.8 Å². The van der Waals surface area contributed by atoms with E-state index in [1.807, 2.05) is 19.1 Å². The Morgan fingerprint density at radius 3 is 2.57 bits per heavy atom. The molecule has 4 rings (SSSR count). The standard InChI is InChI=1S/C19H18N2OS/c1-4-22-15-7-5-14(6-8-15)16-11-21-17-9-12(2)13(3)10-18(17)23-19(21)20-16/h5-11H,4H2,1-3H3. The van der Waals surface area contributed by atoms with Gasteiger partial charge in [0, 0.05) is 11.8 Å². The first kappa shape index (κ1) is 14.3. The largest absolute Gasteiger partial charge is 0.494 e. The van der Waals surface area contributed by atoms with Crippen LogP contribution in [0.2, 0.25) is 0 Å². The molecule has 0 aliphatic heterocycles. The smallest absolute Gasteiger partial charge is 0.195 e. The molecule has 4 aromatic rings. The van der Waals surface area contributed by atoms with Gasteiger partial charge in [0.15, 0.2) is 4.96 Å². The molecular formula is C19H18N2OS. The van der Waals surface area contributed by atoms with Gasteiger partial charge in [-0.3, -0.25) is 4.40 Å². The molecule has 0 saturated heterocycles. The summed E-state index contributed by atoms with van der Waals surface area (Å²) in [4.78, 5) is 5.83. The van der Waals surface area contributed by atoms with E-state index in [2.05, 4.69) is 48.7 Å². The van der Waals surface area contributed by atoms with Gasteiger partial charge in [-0.05, 0) is 68.3 Å². The summed E-state index contributed by atoms with van der Waals surface area (Å²) in [5.41, 5.74) is 5.99. The molecule has 4 heteroatoms. The molecule has 0 N–H and O–H groups in total. The number of aryl methyl sites for hydroxylation is 2. The molecule has 0 aliphatic rings. The Bertz CT molecular complexity index is 996. The highest BCUT2D eigenvalue weighted by Crippen LogP contribution is 2.31. The lowest BCUT2D eigenvalue weighted by Crippen LogP contribution is -1.90. The van der Waals surface area contributed by atoms with E-state index in [1.54, 1.807) is 11.3 Å². The van der Waals surface area contributed by atoms with Crippen molar-refractivity contribution in [2.24, 2.45) is 0 Å². The van der Waals surface area contributed by atoms with E-state index < -0.39 is 0 Å². The first-order valence-corrected chi connectivity index (χ1v) is 8.59. The van der Waals surface area contributed by atoms with Crippen LogP contribution in [0.4, 0.5) is 0 Å². The summed E-state index contributed by atoms with van der Waals surface area (Å²) in [5, 5.41) is 0. The van der Waals surface area contributed by atoms with E-state index in [1.165, 1.54) is 21.3 Å². The number of nitrogens with zero attached hydrogens (tertiary/aromatic N) is 2. The Hall–Kier alpha value is -2.33. The second kappa shape index (κ2) is 5.39. The molecule has 23 heavy (non-hydrogen) atoms. The molecular weight excluding hydrogens is 304 g/mol. The number of thiazole rings is 1. The zero-order valence-electron chi connectivity index (χ0n) is 13.5. The maximum atomic E-state index is 5.50. The second-order valence-corrected chi connectivity index (χ2v) is 6.75. The van der Waals surface area contributed by atoms with Crippen LogP contribution in [-0.4, -0.2) is 16.0 Å². The highest BCUT2D eigenvalue weighted by molar-refractivity contribution is 7.23. The van der Waals surface area contributed by atoms with Crippen molar-refractivity contribution < 1.29 is 4.74 Å². The third-order valence-corrected chi connectivity index (χ3v) is 5.19. The molecule has 0 amide bonds. The summed E-state index contributed by atoms with van der Waals surface area (Å²) in [6, 6.07) is 12.6. The van der Waals surface area contributed by atoms with Crippen LogP contribution in [-0.2, 0) is 0 Å². The Labute approximate surface area is 139 Å². The maximum absolute atomic E-state index is 5.50. The average Bonchev–Trinajstić information content (AvgIpc) is 3.08. The first-order valence-electron chi connectivity index (χ1n) is 7.78. The van der Waals surface area contributed by atoms with Crippen molar-refractivity contribution in [2.45, 2.75) is 20.8 Å². The van der Waals surface area contributed by atoms with Crippen molar-refractivity contribution in [1.29, 1.82) is 0 Å². The topological polar surface area (TPSA) is 26.5 Å². The molecule has 2 heterocycles. The SMILES string of the molecule is CCOc1ccc(-c2cn3c(n2)sc2cc(C)c(C)cc23)cc1. The molecule has 0 saturated carbocycles. The Balaban J connectivity index is 1.81. The Kier molecular flexibility index (Phi) is 3.34. The molecule has 0 unspecified atom stereocenters. The highest BCUT2D eigenvalue weighted by Gasteiger charge is 2.11. The third kappa shape index (κ3) is 2.39. The van der Waals surface area contributed by atoms with Crippen molar-refractivity contribution >= 4 is 26.5 Å². The lowest BCUT2D eigenvalue weighted by molar-refractivity contribution is 0.340. The van der Waals surface area contributed by atoms with Crippen molar-refractivity contribution in [3.05, 3.63) is 53.7 Å². The number of fused-ring (bicyclic) bond motifs is 3. The zero-order chi connectivity index (χ0) is 16.0. The van der Waals surface area contributed by atoms with E-state index in [4.69, 9.17) is 9.72 Å². The van der Waals surface area contributed by atoms with Crippen LogP contribution >= 0.6 is 11.3 Å². The summed E-state index contributed by atoms with van der Waals surface area (Å²) in [7, 11) is 0. The van der Waals surface area contributed by atoms with E-state index in [0.717, 1.165) is 22.0 Å². The van der Waals surface area contributed by atoms with Crippen LogP contribution in [0.3, 0.4) is 0 Å². The predicted octanol–water partition coefficient (Wildman–Crippen LogP) is 5.23. The fourth-order valence-corrected chi connectivity index (χ4v) is 3.87. The number of hydrogen-bond donors (Lipinski definition) is 0. The minimum Gasteiger partial charge on any atom is -0.494 e. The van der Waals surface area contributed by atoms with Crippen LogP contribution < -0.4 is 4.74 Å². The summed E-state index contributed by atoms with van der Waals surface area (Å²) in [6.45, 7) is 6.99. The van der Waals surface area contributed by atoms with Crippen LogP contribution in [0.15, 0.2) is 42.6 Å². The van der Waals surface area contributed by atoms with Gasteiger partial charge in [-0.1, -0.05) is 11.3 Å². The van der Waals surface area contributed by atoms with Crippen molar-refractivity contribution in [3.63, 3.8) is 0 Å². The summed E-state index contributed by atoms with van der Waals surface area (Å²) < 4.78 is 8.98. The zero-order valence-corrected chi connectivity index (χ0v) is 14.3. The lowest BCUT2D eigenvalue weighted by Gasteiger charge is -2.03. The summed E-state index contributed by atoms with van der Waals surface area (Å²) >= 11 is 1.74. The van der Waals surface area contributed by atoms with Crippen LogP contribution in [0.25, 0.3) is 26.4 Å². The number of ether oxygens (including phenoxy) is 1. The Morgan fingerprint density at radius 2 is 1.83 bits per heavy atom. The van der Waals surface area contributed by atoms with Gasteiger partial charge in [0.25, 0.3) is 0 Å². The predicted molar refractivity (Wildman–Crippen MR) is 96.7 cm³/mol. The third-order valence-electron chi connectivity index (χ3n) is 4.17. The van der Waals surface area contributed by atoms with Crippen LogP contribution in [0.5, 0.6) is 5.75 Å². The Morgan fingerprint density at radius 1 is 1.09 bits per heavy atom. The van der Waals surface area contributed by atoms with Crippen LogP contribution in [0.1, 0.15) is 18.1 Å². The van der Waals surface area contributed by atoms with E-state index in [0.29, 0.717) is 6.61 Å². The summed E-state index contributed by atoms with van der Waals surface area (Å²) in [6.07, 6.45) is 2.12. The van der Waals surface area contributed by atoms with Gasteiger partial charge in [-0.2, -0.15) is 0 Å². The summed E-state index contributed by atoms with van der Waals surface area (Å²) in [5.74, 6) is 0.897. The molecule has 2 aromatic heterocycles. The quantitative estimate of drug-likeness (QED) is 0.516. The van der Waals surface area contributed by atoms with Gasteiger partial charge < -0.3 is 4.74 Å². The van der Waals surface area contributed by atoms with E-state index in [9.17, 15) is 0 Å².